The van der Waals surface area contributed by atoms with Crippen LogP contribution in [-0.4, -0.2) is 54.8 Å². The van der Waals surface area contributed by atoms with Gasteiger partial charge in [0.2, 0.25) is 0 Å². The van der Waals surface area contributed by atoms with Crippen LogP contribution in [0.4, 0.5) is 5.69 Å². The third kappa shape index (κ3) is 3.63. The van der Waals surface area contributed by atoms with Crippen molar-refractivity contribution in [2.24, 2.45) is 0 Å². The van der Waals surface area contributed by atoms with Gasteiger partial charge in [-0.1, -0.05) is 0 Å². The van der Waals surface area contributed by atoms with Gasteiger partial charge < -0.3 is 25.2 Å². The molecule has 1 aliphatic rings. The van der Waals surface area contributed by atoms with E-state index in [1.54, 1.807) is 23.1 Å². The van der Waals surface area contributed by atoms with Crippen molar-refractivity contribution < 1.29 is 24.2 Å². The van der Waals surface area contributed by atoms with Crippen LogP contribution >= 0.6 is 0 Å². The lowest BCUT2D eigenvalue weighted by Crippen LogP contribution is -2.46. The third-order valence-electron chi connectivity index (χ3n) is 3.28. The number of nitrogens with zero attached hydrogens (tertiary/aromatic N) is 1. The van der Waals surface area contributed by atoms with Crippen molar-refractivity contribution in [3.05, 3.63) is 23.8 Å². The Morgan fingerprint density at radius 3 is 2.95 bits per heavy atom. The molecule has 1 saturated heterocycles. The average Bonchev–Trinajstić information content (AvgIpc) is 2.46. The molecule has 7 heteroatoms. The number of methoxy groups -OCH3 is 1. The van der Waals surface area contributed by atoms with Crippen LogP contribution in [0.5, 0.6) is 5.75 Å². The molecule has 0 aliphatic carbocycles. The molecule has 0 aromatic heterocycles. The van der Waals surface area contributed by atoms with E-state index < -0.39 is 12.1 Å². The zero-order valence-corrected chi connectivity index (χ0v) is 11.7. The predicted octanol–water partition coefficient (Wildman–Crippen LogP) is 0.593. The van der Waals surface area contributed by atoms with Crippen LogP contribution in [-0.2, 0) is 9.53 Å². The monoisotopic (exact) mass is 294 g/mol. The first kappa shape index (κ1) is 15.1. The Bertz CT molecular complexity index is 546. The van der Waals surface area contributed by atoms with Gasteiger partial charge in [-0.2, -0.15) is 0 Å². The van der Waals surface area contributed by atoms with Crippen LogP contribution in [0.3, 0.4) is 0 Å². The second-order valence-corrected chi connectivity index (χ2v) is 4.80. The van der Waals surface area contributed by atoms with E-state index >= 15 is 0 Å². The number of anilines is 1. The Kier molecular flexibility index (Phi) is 4.64. The lowest BCUT2D eigenvalue weighted by molar-refractivity contribution is -0.141. The number of rotatable bonds is 4. The molecule has 21 heavy (non-hydrogen) atoms. The summed E-state index contributed by atoms with van der Waals surface area (Å²) in [5.74, 6) is -0.758. The number of carboxylic acid groups (broad SMARTS) is 1. The average molecular weight is 294 g/mol. The fourth-order valence-corrected chi connectivity index (χ4v) is 2.28. The van der Waals surface area contributed by atoms with Crippen LogP contribution in [0.15, 0.2) is 18.2 Å². The summed E-state index contributed by atoms with van der Waals surface area (Å²) in [4.78, 5) is 24.8. The quantitative estimate of drug-likeness (QED) is 0.788. The van der Waals surface area contributed by atoms with Gasteiger partial charge in [-0.05, 0) is 12.1 Å². The zero-order valence-electron chi connectivity index (χ0n) is 11.7. The summed E-state index contributed by atoms with van der Waals surface area (Å²) in [6, 6.07) is 4.82. The van der Waals surface area contributed by atoms with E-state index in [-0.39, 0.29) is 18.9 Å². The standard InChI is InChI=1S/C14H18N2O5/c1-20-12-6-9(15)2-3-11(12)14(19)16-4-5-21-10(8-16)7-13(17)18/h2-3,6,10H,4-5,7-8,15H2,1H3,(H,17,18). The van der Waals surface area contributed by atoms with Crippen LogP contribution in [0.25, 0.3) is 0 Å². The number of benzene rings is 1. The summed E-state index contributed by atoms with van der Waals surface area (Å²) in [6.45, 7) is 0.988. The molecule has 1 unspecified atom stereocenters. The Morgan fingerprint density at radius 1 is 1.52 bits per heavy atom. The summed E-state index contributed by atoms with van der Waals surface area (Å²) in [5, 5.41) is 8.80. The van der Waals surface area contributed by atoms with Crippen LogP contribution < -0.4 is 10.5 Å². The zero-order chi connectivity index (χ0) is 15.4. The summed E-state index contributed by atoms with van der Waals surface area (Å²) >= 11 is 0. The number of hydrogen-bond donors (Lipinski definition) is 2. The van der Waals surface area contributed by atoms with E-state index in [1.807, 2.05) is 0 Å². The number of nitrogen functional groups attached to an aromatic ring is 1. The first-order valence-corrected chi connectivity index (χ1v) is 6.57. The number of carbonyl (C=O) groups is 2. The summed E-state index contributed by atoms with van der Waals surface area (Å²) < 4.78 is 10.5. The van der Waals surface area contributed by atoms with Gasteiger partial charge in [0.05, 0.1) is 31.8 Å². The Hall–Kier alpha value is -2.28. The predicted molar refractivity (Wildman–Crippen MR) is 75.3 cm³/mol. The van der Waals surface area contributed by atoms with Crippen molar-refractivity contribution in [3.63, 3.8) is 0 Å². The maximum atomic E-state index is 12.5. The van der Waals surface area contributed by atoms with Crippen molar-refractivity contribution in [2.45, 2.75) is 12.5 Å². The molecule has 0 saturated carbocycles. The number of morpholine rings is 1. The normalized spacial score (nSPS) is 18.3. The molecule has 7 nitrogen and oxygen atoms in total. The highest BCUT2D eigenvalue weighted by molar-refractivity contribution is 5.97. The molecule has 1 aromatic carbocycles. The molecule has 1 heterocycles. The Morgan fingerprint density at radius 2 is 2.29 bits per heavy atom. The maximum absolute atomic E-state index is 12.5. The number of amides is 1. The number of ether oxygens (including phenoxy) is 2. The van der Waals surface area contributed by atoms with E-state index in [4.69, 9.17) is 20.3 Å². The molecule has 0 radical (unpaired) electrons. The maximum Gasteiger partial charge on any atom is 0.306 e. The number of carboxylic acids is 1. The largest absolute Gasteiger partial charge is 0.496 e. The fourth-order valence-electron chi connectivity index (χ4n) is 2.28. The molecule has 1 aromatic rings. The number of aliphatic carboxylic acids is 1. The van der Waals surface area contributed by atoms with E-state index in [1.165, 1.54) is 7.11 Å². The number of hydrogen-bond acceptors (Lipinski definition) is 5. The van der Waals surface area contributed by atoms with Crippen molar-refractivity contribution in [1.82, 2.24) is 4.90 Å². The lowest BCUT2D eigenvalue weighted by atomic mass is 10.1. The van der Waals surface area contributed by atoms with Crippen molar-refractivity contribution in [3.8, 4) is 5.75 Å². The minimum atomic E-state index is -0.945. The van der Waals surface area contributed by atoms with Gasteiger partial charge in [0.15, 0.2) is 0 Å². The molecule has 1 fully saturated rings. The van der Waals surface area contributed by atoms with Gasteiger partial charge in [0.1, 0.15) is 5.75 Å². The molecule has 114 valence electrons. The Balaban J connectivity index is 2.14. The van der Waals surface area contributed by atoms with Gasteiger partial charge in [0, 0.05) is 24.8 Å². The number of nitrogens with two attached hydrogens (primary N) is 1. The van der Waals surface area contributed by atoms with Gasteiger partial charge in [0.25, 0.3) is 5.91 Å². The van der Waals surface area contributed by atoms with Crippen molar-refractivity contribution in [1.29, 1.82) is 0 Å². The van der Waals surface area contributed by atoms with Gasteiger partial charge in [-0.25, -0.2) is 0 Å². The second-order valence-electron chi connectivity index (χ2n) is 4.80. The molecular formula is C14H18N2O5. The Labute approximate surface area is 122 Å². The minimum Gasteiger partial charge on any atom is -0.496 e. The minimum absolute atomic E-state index is 0.122. The van der Waals surface area contributed by atoms with E-state index in [0.29, 0.717) is 30.2 Å². The summed E-state index contributed by atoms with van der Waals surface area (Å²) in [5.41, 5.74) is 6.58. The fraction of sp³-hybridized carbons (Fsp3) is 0.429. The molecule has 3 N–H and O–H groups in total. The topological polar surface area (TPSA) is 102 Å². The van der Waals surface area contributed by atoms with Gasteiger partial charge in [-0.3, -0.25) is 9.59 Å². The molecule has 1 amide bonds. The summed E-state index contributed by atoms with van der Waals surface area (Å²) in [6.07, 6.45) is -0.609. The number of carbonyl (C=O) groups excluding carboxylic acids is 1. The highest BCUT2D eigenvalue weighted by Crippen LogP contribution is 2.24. The molecule has 2 rings (SSSR count). The smallest absolute Gasteiger partial charge is 0.306 e. The van der Waals surface area contributed by atoms with E-state index in [9.17, 15) is 9.59 Å². The van der Waals surface area contributed by atoms with Crippen molar-refractivity contribution >= 4 is 17.6 Å². The second kappa shape index (κ2) is 6.45. The highest BCUT2D eigenvalue weighted by atomic mass is 16.5. The molecule has 0 bridgehead atoms. The lowest BCUT2D eigenvalue weighted by Gasteiger charge is -2.32. The van der Waals surface area contributed by atoms with Crippen LogP contribution in [0.1, 0.15) is 16.8 Å². The third-order valence-corrected chi connectivity index (χ3v) is 3.28. The van der Waals surface area contributed by atoms with Gasteiger partial charge >= 0.3 is 5.97 Å². The summed E-state index contributed by atoms with van der Waals surface area (Å²) in [7, 11) is 1.47. The van der Waals surface area contributed by atoms with Crippen molar-refractivity contribution in [2.75, 3.05) is 32.5 Å². The first-order chi connectivity index (χ1) is 10.0. The van der Waals surface area contributed by atoms with Crippen LogP contribution in [0.2, 0.25) is 0 Å². The highest BCUT2D eigenvalue weighted by Gasteiger charge is 2.28. The van der Waals surface area contributed by atoms with Gasteiger partial charge in [-0.15, -0.1) is 0 Å². The van der Waals surface area contributed by atoms with E-state index in [2.05, 4.69) is 0 Å². The molecule has 1 aliphatic heterocycles. The molecular weight excluding hydrogens is 276 g/mol. The van der Waals surface area contributed by atoms with E-state index in [0.717, 1.165) is 0 Å². The SMILES string of the molecule is COc1cc(N)ccc1C(=O)N1CCOC(CC(=O)O)C1. The first-order valence-electron chi connectivity index (χ1n) is 6.57. The van der Waals surface area contributed by atoms with Crippen LogP contribution in [0, 0.1) is 0 Å². The molecule has 1 atom stereocenters. The molecule has 0 spiro atoms.